The maximum absolute atomic E-state index is 13.2. The maximum atomic E-state index is 13.2. The Kier molecular flexibility index (Phi) is 6.57. The van der Waals surface area contributed by atoms with Crippen molar-refractivity contribution in [3.63, 3.8) is 0 Å². The number of para-hydroxylation sites is 1. The van der Waals surface area contributed by atoms with E-state index in [-0.39, 0.29) is 18.5 Å². The van der Waals surface area contributed by atoms with Crippen molar-refractivity contribution in [3.8, 4) is 6.07 Å². The van der Waals surface area contributed by atoms with E-state index in [9.17, 15) is 14.9 Å². The van der Waals surface area contributed by atoms with Gasteiger partial charge in [0.2, 0.25) is 0 Å². The number of carbonyl (C=O) groups excluding carboxylic acids is 2. The Morgan fingerprint density at radius 3 is 2.42 bits per heavy atom. The second-order valence-electron chi connectivity index (χ2n) is 8.97. The van der Waals surface area contributed by atoms with Crippen LogP contribution in [0.3, 0.4) is 0 Å². The van der Waals surface area contributed by atoms with Crippen LogP contribution in [0.4, 0.5) is 0 Å². The number of benzene rings is 1. The van der Waals surface area contributed by atoms with Crippen LogP contribution in [0.25, 0.3) is 10.2 Å². The minimum atomic E-state index is -0.814. The molecule has 2 aliphatic rings. The number of amides is 1. The largest absolute Gasteiger partial charge is 0.455 e. The lowest BCUT2D eigenvalue weighted by Gasteiger charge is -2.34. The summed E-state index contributed by atoms with van der Waals surface area (Å²) in [5.41, 5.74) is -0.481. The van der Waals surface area contributed by atoms with Crippen LogP contribution in [-0.4, -0.2) is 29.0 Å². The van der Waals surface area contributed by atoms with Gasteiger partial charge in [-0.1, -0.05) is 50.7 Å². The predicted molar refractivity (Wildman–Crippen MR) is 119 cm³/mol. The van der Waals surface area contributed by atoms with Gasteiger partial charge in [0.1, 0.15) is 5.54 Å². The molecule has 2 aliphatic carbocycles. The monoisotopic (exact) mass is 439 g/mol. The first kappa shape index (κ1) is 21.8. The molecule has 0 unspecified atom stereocenters. The van der Waals surface area contributed by atoms with Gasteiger partial charge in [0.25, 0.3) is 5.91 Å². The zero-order valence-electron chi connectivity index (χ0n) is 17.8. The highest BCUT2D eigenvalue weighted by Crippen LogP contribution is 2.41. The molecule has 6 nitrogen and oxygen atoms in total. The molecular formula is C24H29N3O3S. The highest BCUT2D eigenvalue weighted by molar-refractivity contribution is 7.18. The number of carbonyl (C=O) groups is 2. The van der Waals surface area contributed by atoms with E-state index in [1.54, 1.807) is 11.3 Å². The maximum Gasteiger partial charge on any atom is 0.313 e. The van der Waals surface area contributed by atoms with Crippen molar-refractivity contribution in [1.82, 2.24) is 10.3 Å². The smallest absolute Gasteiger partial charge is 0.313 e. The molecule has 1 heterocycles. The lowest BCUT2D eigenvalue weighted by Crippen LogP contribution is -2.50. The van der Waals surface area contributed by atoms with Gasteiger partial charge in [-0.05, 0) is 37.8 Å². The van der Waals surface area contributed by atoms with E-state index in [2.05, 4.69) is 11.4 Å². The molecule has 2 fully saturated rings. The summed E-state index contributed by atoms with van der Waals surface area (Å²) in [7, 11) is 0. The number of nitrogens with one attached hydrogen (secondary N) is 1. The second kappa shape index (κ2) is 9.35. The molecular weight excluding hydrogens is 410 g/mol. The molecule has 0 radical (unpaired) electrons. The summed E-state index contributed by atoms with van der Waals surface area (Å²) < 4.78 is 6.66. The van der Waals surface area contributed by atoms with Gasteiger partial charge >= 0.3 is 5.97 Å². The normalized spacial score (nSPS) is 20.0. The molecule has 1 N–H and O–H groups in total. The molecule has 0 atom stereocenters. The first-order valence-corrected chi connectivity index (χ1v) is 12.1. The quantitative estimate of drug-likeness (QED) is 0.660. The van der Waals surface area contributed by atoms with Crippen LogP contribution < -0.4 is 5.32 Å². The highest BCUT2D eigenvalue weighted by Gasteiger charge is 2.42. The van der Waals surface area contributed by atoms with Gasteiger partial charge in [0.05, 0.1) is 26.7 Å². The number of rotatable bonds is 6. The summed E-state index contributed by atoms with van der Waals surface area (Å²) in [6.07, 6.45) is 9.38. The van der Waals surface area contributed by atoms with Crippen LogP contribution >= 0.6 is 11.3 Å². The Hall–Kier alpha value is -2.46. The van der Waals surface area contributed by atoms with Gasteiger partial charge in [-0.2, -0.15) is 5.26 Å². The van der Waals surface area contributed by atoms with E-state index in [0.29, 0.717) is 19.3 Å². The Balaban J connectivity index is 1.42. The topological polar surface area (TPSA) is 92.1 Å². The van der Waals surface area contributed by atoms with Gasteiger partial charge in [-0.15, -0.1) is 11.3 Å². The van der Waals surface area contributed by atoms with Gasteiger partial charge in [0.15, 0.2) is 6.61 Å². The second-order valence-corrected chi connectivity index (χ2v) is 10.1. The predicted octanol–water partition coefficient (Wildman–Crippen LogP) is 4.68. The third kappa shape index (κ3) is 4.90. The molecule has 0 spiro atoms. The number of hydrogen-bond donors (Lipinski definition) is 1. The highest BCUT2D eigenvalue weighted by atomic mass is 32.1. The fraction of sp³-hybridized carbons (Fsp3) is 0.583. The van der Waals surface area contributed by atoms with E-state index in [0.717, 1.165) is 66.6 Å². The van der Waals surface area contributed by atoms with Crippen LogP contribution in [0.1, 0.15) is 69.2 Å². The first-order chi connectivity index (χ1) is 15.0. The molecule has 7 heteroatoms. The summed E-state index contributed by atoms with van der Waals surface area (Å²) in [5, 5.41) is 13.3. The van der Waals surface area contributed by atoms with E-state index >= 15 is 0 Å². The molecule has 1 aromatic carbocycles. The van der Waals surface area contributed by atoms with Crippen molar-refractivity contribution in [2.24, 2.45) is 5.41 Å². The number of thiazole rings is 1. The van der Waals surface area contributed by atoms with E-state index in [1.165, 1.54) is 0 Å². The zero-order chi connectivity index (χ0) is 21.7. The summed E-state index contributed by atoms with van der Waals surface area (Å²) >= 11 is 1.62. The van der Waals surface area contributed by atoms with Gasteiger partial charge in [-0.3, -0.25) is 9.59 Å². The van der Waals surface area contributed by atoms with Crippen LogP contribution in [-0.2, 0) is 20.7 Å². The van der Waals surface area contributed by atoms with Gasteiger partial charge in [0, 0.05) is 6.42 Å². The molecule has 1 aromatic heterocycles. The zero-order valence-corrected chi connectivity index (χ0v) is 18.6. The molecule has 2 saturated carbocycles. The van der Waals surface area contributed by atoms with Crippen molar-refractivity contribution in [2.45, 2.75) is 76.2 Å². The van der Waals surface area contributed by atoms with Gasteiger partial charge in [-0.25, -0.2) is 4.98 Å². The van der Waals surface area contributed by atoms with Crippen molar-refractivity contribution in [1.29, 1.82) is 5.26 Å². The molecule has 0 saturated heterocycles. The molecule has 31 heavy (non-hydrogen) atoms. The van der Waals surface area contributed by atoms with Gasteiger partial charge < -0.3 is 10.1 Å². The summed E-state index contributed by atoms with van der Waals surface area (Å²) in [4.78, 5) is 30.4. The van der Waals surface area contributed by atoms with Crippen molar-refractivity contribution >= 4 is 33.4 Å². The Morgan fingerprint density at radius 2 is 1.74 bits per heavy atom. The number of nitrogens with zero attached hydrogens (tertiary/aromatic N) is 2. The summed E-state index contributed by atoms with van der Waals surface area (Å²) in [5.74, 6) is -0.695. The molecule has 1 amide bonds. The van der Waals surface area contributed by atoms with Crippen molar-refractivity contribution in [3.05, 3.63) is 29.3 Å². The van der Waals surface area contributed by atoms with E-state index in [4.69, 9.17) is 9.72 Å². The Morgan fingerprint density at radius 1 is 1.06 bits per heavy atom. The molecule has 2 aromatic rings. The number of ether oxygens (including phenoxy) is 1. The first-order valence-electron chi connectivity index (χ1n) is 11.3. The number of fused-ring (bicyclic) bond motifs is 1. The molecule has 4 rings (SSSR count). The average Bonchev–Trinajstić information content (AvgIpc) is 3.20. The Bertz CT molecular complexity index is 948. The standard InChI is InChI=1S/C24H29N3O3S/c25-17-24(13-7-2-8-14-24)27-20(28)16-30-22(29)23(11-5-1-6-12-23)15-21-26-18-9-3-4-10-19(18)31-21/h3-4,9-10H,1-2,5-8,11-16H2,(H,27,28). The number of nitriles is 1. The number of aromatic nitrogens is 1. The van der Waals surface area contributed by atoms with E-state index < -0.39 is 11.0 Å². The van der Waals surface area contributed by atoms with Crippen LogP contribution in [0.5, 0.6) is 0 Å². The fourth-order valence-electron chi connectivity index (χ4n) is 4.97. The lowest BCUT2D eigenvalue weighted by molar-refractivity contribution is -0.161. The van der Waals surface area contributed by atoms with E-state index in [1.807, 2.05) is 24.3 Å². The number of esters is 1. The third-order valence-electron chi connectivity index (χ3n) is 6.71. The Labute approximate surface area is 187 Å². The third-order valence-corrected chi connectivity index (χ3v) is 7.74. The van der Waals surface area contributed by atoms with Crippen LogP contribution in [0.15, 0.2) is 24.3 Å². The molecule has 0 bridgehead atoms. The molecule has 0 aliphatic heterocycles. The average molecular weight is 440 g/mol. The van der Waals surface area contributed by atoms with Crippen molar-refractivity contribution < 1.29 is 14.3 Å². The summed E-state index contributed by atoms with van der Waals surface area (Å²) in [6, 6.07) is 10.3. The minimum absolute atomic E-state index is 0.309. The minimum Gasteiger partial charge on any atom is -0.455 e. The van der Waals surface area contributed by atoms with Crippen LogP contribution in [0.2, 0.25) is 0 Å². The lowest BCUT2D eigenvalue weighted by atomic mass is 9.72. The molecule has 164 valence electrons. The fourth-order valence-corrected chi connectivity index (χ4v) is 6.09. The SMILES string of the molecule is N#CC1(NC(=O)COC(=O)C2(Cc3nc4ccccc4s3)CCCCC2)CCCCC1. The van der Waals surface area contributed by atoms with Crippen molar-refractivity contribution in [2.75, 3.05) is 6.61 Å². The van der Waals surface area contributed by atoms with Crippen LogP contribution in [0, 0.1) is 16.7 Å². The summed E-state index contributed by atoms with van der Waals surface area (Å²) in [6.45, 7) is -0.330. The number of hydrogen-bond acceptors (Lipinski definition) is 6.